The van der Waals surface area contributed by atoms with Crippen molar-refractivity contribution >= 4 is 0 Å². The fourth-order valence-corrected chi connectivity index (χ4v) is 1.67. The Kier molecular flexibility index (Phi) is 2.69. The van der Waals surface area contributed by atoms with Crippen LogP contribution in [0, 0.1) is 5.92 Å². The van der Waals surface area contributed by atoms with Crippen molar-refractivity contribution in [1.29, 1.82) is 0 Å². The van der Waals surface area contributed by atoms with Crippen LogP contribution in [-0.4, -0.2) is 19.3 Å². The number of hydrogen-bond acceptors (Lipinski definition) is 2. The molecule has 0 heterocycles. The van der Waals surface area contributed by atoms with E-state index in [1.807, 2.05) is 0 Å². The van der Waals surface area contributed by atoms with Gasteiger partial charge in [-0.05, 0) is 18.8 Å². The summed E-state index contributed by atoms with van der Waals surface area (Å²) in [5.41, 5.74) is 5.91. The van der Waals surface area contributed by atoms with Crippen molar-refractivity contribution in [2.45, 2.75) is 38.3 Å². The maximum Gasteiger partial charge on any atom is 0.0724 e. The van der Waals surface area contributed by atoms with Crippen LogP contribution in [-0.2, 0) is 4.74 Å². The molecule has 0 aromatic carbocycles. The summed E-state index contributed by atoms with van der Waals surface area (Å²) in [5.74, 6) is 0.638. The molecule has 0 aromatic rings. The summed E-state index contributed by atoms with van der Waals surface area (Å²) in [6.45, 7) is 2.20. The smallest absolute Gasteiger partial charge is 0.0724 e. The van der Waals surface area contributed by atoms with Crippen molar-refractivity contribution in [3.05, 3.63) is 0 Å². The minimum atomic E-state index is 0.263. The molecule has 1 aliphatic carbocycles. The van der Waals surface area contributed by atoms with Crippen molar-refractivity contribution in [2.24, 2.45) is 11.7 Å². The molecule has 0 radical (unpaired) electrons. The summed E-state index contributed by atoms with van der Waals surface area (Å²) in [6.07, 6.45) is 3.99. The minimum absolute atomic E-state index is 0.263. The van der Waals surface area contributed by atoms with E-state index in [9.17, 15) is 0 Å². The van der Waals surface area contributed by atoms with Gasteiger partial charge < -0.3 is 10.5 Å². The van der Waals surface area contributed by atoms with Gasteiger partial charge in [0.25, 0.3) is 0 Å². The second kappa shape index (κ2) is 3.35. The molecule has 2 N–H and O–H groups in total. The van der Waals surface area contributed by atoms with Crippen molar-refractivity contribution in [1.82, 2.24) is 0 Å². The largest absolute Gasteiger partial charge is 0.380 e. The molecule has 1 aliphatic rings. The molecule has 0 amide bonds. The Morgan fingerprint density at radius 3 is 2.60 bits per heavy atom. The van der Waals surface area contributed by atoms with Crippen LogP contribution in [0.25, 0.3) is 0 Å². The van der Waals surface area contributed by atoms with E-state index in [0.717, 1.165) is 6.42 Å². The monoisotopic (exact) mass is 143 g/mol. The molecule has 0 spiro atoms. The third-order valence-corrected chi connectivity index (χ3v) is 2.54. The van der Waals surface area contributed by atoms with Crippen molar-refractivity contribution in [3.8, 4) is 0 Å². The highest BCUT2D eigenvalue weighted by Gasteiger charge is 2.26. The van der Waals surface area contributed by atoms with Gasteiger partial charge in [0.15, 0.2) is 0 Å². The lowest BCUT2D eigenvalue weighted by molar-refractivity contribution is 0.0354. The molecule has 0 unspecified atom stereocenters. The lowest BCUT2D eigenvalue weighted by Crippen LogP contribution is -2.44. The average molecular weight is 143 g/mol. The van der Waals surface area contributed by atoms with Crippen LogP contribution in [0.1, 0.15) is 26.2 Å². The van der Waals surface area contributed by atoms with Crippen LogP contribution in [0.3, 0.4) is 0 Å². The van der Waals surface area contributed by atoms with Crippen LogP contribution >= 0.6 is 0 Å². The average Bonchev–Trinajstić information content (AvgIpc) is 1.95. The Labute approximate surface area is 62.7 Å². The van der Waals surface area contributed by atoms with E-state index < -0.39 is 0 Å². The van der Waals surface area contributed by atoms with Gasteiger partial charge in [0.1, 0.15) is 0 Å². The first kappa shape index (κ1) is 8.02. The van der Waals surface area contributed by atoms with E-state index in [1.165, 1.54) is 12.8 Å². The molecule has 3 atom stereocenters. The molecule has 60 valence electrons. The van der Waals surface area contributed by atoms with Crippen molar-refractivity contribution in [3.63, 3.8) is 0 Å². The van der Waals surface area contributed by atoms with E-state index in [0.29, 0.717) is 12.0 Å². The zero-order valence-electron chi connectivity index (χ0n) is 6.84. The number of nitrogens with two attached hydrogens (primary N) is 1. The molecule has 1 rings (SSSR count). The molecule has 0 aliphatic heterocycles. The molecule has 1 fully saturated rings. The number of methoxy groups -OCH3 is 1. The summed E-state index contributed by atoms with van der Waals surface area (Å²) in [5, 5.41) is 0. The van der Waals surface area contributed by atoms with Gasteiger partial charge >= 0.3 is 0 Å². The number of ether oxygens (including phenoxy) is 1. The molecule has 0 bridgehead atoms. The van der Waals surface area contributed by atoms with Gasteiger partial charge in [-0.2, -0.15) is 0 Å². The highest BCUT2D eigenvalue weighted by atomic mass is 16.5. The van der Waals surface area contributed by atoms with Crippen LogP contribution in [0.15, 0.2) is 0 Å². The van der Waals surface area contributed by atoms with Crippen LogP contribution in [0.4, 0.5) is 0 Å². The van der Waals surface area contributed by atoms with Gasteiger partial charge in [-0.3, -0.25) is 0 Å². The zero-order chi connectivity index (χ0) is 7.56. The van der Waals surface area contributed by atoms with Gasteiger partial charge in [0.2, 0.25) is 0 Å². The summed E-state index contributed by atoms with van der Waals surface area (Å²) < 4.78 is 5.25. The standard InChI is InChI=1S/C8H17NO/c1-6-4-3-5-7(10-2)8(6)9/h6-8H,3-5,9H2,1-2H3/t6-,7+,8-/m1/s1. The second-order valence-electron chi connectivity index (χ2n) is 3.26. The first-order chi connectivity index (χ1) is 4.75. The topological polar surface area (TPSA) is 35.2 Å². The van der Waals surface area contributed by atoms with Gasteiger partial charge in [0, 0.05) is 13.2 Å². The molecule has 2 nitrogen and oxygen atoms in total. The van der Waals surface area contributed by atoms with Gasteiger partial charge in [0.05, 0.1) is 6.10 Å². The van der Waals surface area contributed by atoms with Crippen molar-refractivity contribution in [2.75, 3.05) is 7.11 Å². The summed E-state index contributed by atoms with van der Waals surface area (Å²) in [7, 11) is 1.75. The Balaban J connectivity index is 2.42. The third-order valence-electron chi connectivity index (χ3n) is 2.54. The fourth-order valence-electron chi connectivity index (χ4n) is 1.67. The normalized spacial score (nSPS) is 41.7. The Hall–Kier alpha value is -0.0800. The van der Waals surface area contributed by atoms with Crippen LogP contribution < -0.4 is 5.73 Å². The molecular weight excluding hydrogens is 126 g/mol. The molecule has 1 saturated carbocycles. The highest BCUT2D eigenvalue weighted by molar-refractivity contribution is 4.83. The van der Waals surface area contributed by atoms with Gasteiger partial charge in [-0.15, -0.1) is 0 Å². The highest BCUT2D eigenvalue weighted by Crippen LogP contribution is 2.24. The quantitative estimate of drug-likeness (QED) is 0.597. The predicted molar refractivity (Wildman–Crippen MR) is 41.8 cm³/mol. The predicted octanol–water partition coefficient (Wildman–Crippen LogP) is 1.15. The zero-order valence-corrected chi connectivity index (χ0v) is 6.84. The molecule has 0 saturated heterocycles. The van der Waals surface area contributed by atoms with Crippen LogP contribution in [0.2, 0.25) is 0 Å². The Morgan fingerprint density at radius 1 is 1.40 bits per heavy atom. The Morgan fingerprint density at radius 2 is 2.10 bits per heavy atom. The maximum atomic E-state index is 5.91. The molecular formula is C8H17NO. The Bertz CT molecular complexity index is 105. The second-order valence-corrected chi connectivity index (χ2v) is 3.26. The number of rotatable bonds is 1. The van der Waals surface area contributed by atoms with Crippen molar-refractivity contribution < 1.29 is 4.74 Å². The van der Waals surface area contributed by atoms with E-state index in [1.54, 1.807) is 7.11 Å². The first-order valence-corrected chi connectivity index (χ1v) is 4.04. The van der Waals surface area contributed by atoms with E-state index >= 15 is 0 Å². The fraction of sp³-hybridized carbons (Fsp3) is 1.00. The SMILES string of the molecule is CO[C@H]1CCC[C@@H](C)[C@H]1N. The first-order valence-electron chi connectivity index (χ1n) is 4.04. The number of hydrogen-bond donors (Lipinski definition) is 1. The summed E-state index contributed by atoms with van der Waals surface area (Å²) in [4.78, 5) is 0. The lowest BCUT2D eigenvalue weighted by Gasteiger charge is -2.32. The minimum Gasteiger partial charge on any atom is -0.380 e. The summed E-state index contributed by atoms with van der Waals surface area (Å²) in [6, 6.07) is 0.263. The van der Waals surface area contributed by atoms with Gasteiger partial charge in [-0.1, -0.05) is 13.3 Å². The van der Waals surface area contributed by atoms with Gasteiger partial charge in [-0.25, -0.2) is 0 Å². The van der Waals surface area contributed by atoms with E-state index in [4.69, 9.17) is 10.5 Å². The maximum absolute atomic E-state index is 5.91. The summed E-state index contributed by atoms with van der Waals surface area (Å²) >= 11 is 0. The van der Waals surface area contributed by atoms with E-state index in [-0.39, 0.29) is 6.04 Å². The molecule has 0 aromatic heterocycles. The van der Waals surface area contributed by atoms with Crippen LogP contribution in [0.5, 0.6) is 0 Å². The molecule has 10 heavy (non-hydrogen) atoms. The lowest BCUT2D eigenvalue weighted by atomic mass is 9.84. The molecule has 2 heteroatoms. The van der Waals surface area contributed by atoms with E-state index in [2.05, 4.69) is 6.92 Å². The third kappa shape index (κ3) is 1.50.